The van der Waals surface area contributed by atoms with Crippen LogP contribution in [0.15, 0.2) is 36.7 Å². The van der Waals surface area contributed by atoms with E-state index in [9.17, 15) is 9.59 Å². The van der Waals surface area contributed by atoms with Crippen LogP contribution in [0.1, 0.15) is 22.3 Å². The molecule has 2 aromatic heterocycles. The molecule has 164 valence electrons. The minimum Gasteiger partial charge on any atom is -0.379 e. The van der Waals surface area contributed by atoms with Crippen LogP contribution < -0.4 is 5.32 Å². The monoisotopic (exact) mass is 425 g/mol. The highest BCUT2D eigenvalue weighted by molar-refractivity contribution is 5.92. The van der Waals surface area contributed by atoms with Crippen LogP contribution in [0, 0.1) is 0 Å². The third kappa shape index (κ3) is 5.25. The largest absolute Gasteiger partial charge is 0.379 e. The van der Waals surface area contributed by atoms with E-state index in [1.807, 2.05) is 23.1 Å². The van der Waals surface area contributed by atoms with Gasteiger partial charge < -0.3 is 19.7 Å². The van der Waals surface area contributed by atoms with Gasteiger partial charge in [0.15, 0.2) is 0 Å². The number of ether oxygens (including phenoxy) is 2. The van der Waals surface area contributed by atoms with E-state index in [0.717, 1.165) is 29.9 Å². The highest BCUT2D eigenvalue weighted by atomic mass is 16.5. The molecule has 0 radical (unpaired) electrons. The zero-order valence-corrected chi connectivity index (χ0v) is 17.6. The predicted molar refractivity (Wildman–Crippen MR) is 113 cm³/mol. The molecule has 9 nitrogen and oxygen atoms in total. The number of hydrogen-bond donors (Lipinski definition) is 1. The number of hydrogen-bond acceptors (Lipinski definition) is 7. The predicted octanol–water partition coefficient (Wildman–Crippen LogP) is 0.735. The molecule has 2 saturated heterocycles. The van der Waals surface area contributed by atoms with Crippen molar-refractivity contribution in [3.8, 4) is 11.1 Å². The molecule has 9 heteroatoms. The standard InChI is InChI=1S/C22H27N5O4/c1-23-22(29)19-5-3-17(13-25-19)16-2-4-18(24-12-16)20-14-27(8-11-31-20)21(28)15-26-6-9-30-10-7-26/h2-5,12-13,20H,6-11,14-15H2,1H3,(H,23,29)/t20-/m1/s1. The molecular weight excluding hydrogens is 398 g/mol. The van der Waals surface area contributed by atoms with Crippen LogP contribution in [0.3, 0.4) is 0 Å². The first-order valence-electron chi connectivity index (χ1n) is 10.5. The number of carbonyl (C=O) groups is 2. The van der Waals surface area contributed by atoms with Crippen molar-refractivity contribution >= 4 is 11.8 Å². The molecule has 2 aliphatic heterocycles. The first kappa shape index (κ1) is 21.4. The van der Waals surface area contributed by atoms with Crippen molar-refractivity contribution in [2.24, 2.45) is 0 Å². The fraction of sp³-hybridized carbons (Fsp3) is 0.455. The summed E-state index contributed by atoms with van der Waals surface area (Å²) in [4.78, 5) is 37.1. The molecule has 0 unspecified atom stereocenters. The normalized spacial score (nSPS) is 19.8. The highest BCUT2D eigenvalue weighted by Gasteiger charge is 2.27. The Kier molecular flexibility index (Phi) is 6.86. The second kappa shape index (κ2) is 9.95. The molecule has 1 atom stereocenters. The van der Waals surface area contributed by atoms with Gasteiger partial charge in [-0.15, -0.1) is 0 Å². The third-order valence-electron chi connectivity index (χ3n) is 5.55. The quantitative estimate of drug-likeness (QED) is 0.755. The average molecular weight is 425 g/mol. The number of carbonyl (C=O) groups excluding carboxylic acids is 2. The van der Waals surface area contributed by atoms with Crippen molar-refractivity contribution in [2.45, 2.75) is 6.10 Å². The first-order valence-corrected chi connectivity index (χ1v) is 10.5. The van der Waals surface area contributed by atoms with Crippen LogP contribution in [0.25, 0.3) is 11.1 Å². The summed E-state index contributed by atoms with van der Waals surface area (Å²) >= 11 is 0. The van der Waals surface area contributed by atoms with Crippen molar-refractivity contribution in [3.05, 3.63) is 48.0 Å². The van der Waals surface area contributed by atoms with Gasteiger partial charge in [-0.2, -0.15) is 0 Å². The number of nitrogens with zero attached hydrogens (tertiary/aromatic N) is 4. The smallest absolute Gasteiger partial charge is 0.269 e. The van der Waals surface area contributed by atoms with Gasteiger partial charge in [0.2, 0.25) is 5.91 Å². The lowest BCUT2D eigenvalue weighted by Crippen LogP contribution is -2.48. The second-order valence-corrected chi connectivity index (χ2v) is 7.57. The van der Waals surface area contributed by atoms with Gasteiger partial charge in [-0.1, -0.05) is 12.1 Å². The maximum Gasteiger partial charge on any atom is 0.269 e. The molecule has 4 rings (SSSR count). The molecular formula is C22H27N5O4. The minimum absolute atomic E-state index is 0.120. The molecule has 4 heterocycles. The Labute approximate surface area is 181 Å². The van der Waals surface area contributed by atoms with Crippen LogP contribution in [0.5, 0.6) is 0 Å². The zero-order chi connectivity index (χ0) is 21.6. The van der Waals surface area contributed by atoms with Crippen molar-refractivity contribution in [2.75, 3.05) is 59.6 Å². The van der Waals surface area contributed by atoms with Gasteiger partial charge in [-0.05, 0) is 12.1 Å². The summed E-state index contributed by atoms with van der Waals surface area (Å²) in [6, 6.07) is 7.40. The number of aromatic nitrogens is 2. The minimum atomic E-state index is -0.245. The molecule has 2 aliphatic rings. The van der Waals surface area contributed by atoms with E-state index in [1.54, 1.807) is 25.5 Å². The van der Waals surface area contributed by atoms with Crippen molar-refractivity contribution in [1.82, 2.24) is 25.1 Å². The molecule has 0 saturated carbocycles. The maximum absolute atomic E-state index is 12.7. The Morgan fingerprint density at radius 2 is 1.77 bits per heavy atom. The number of morpholine rings is 2. The van der Waals surface area contributed by atoms with Crippen LogP contribution in [-0.4, -0.2) is 91.2 Å². The molecule has 0 bridgehead atoms. The number of pyridine rings is 2. The van der Waals surface area contributed by atoms with E-state index in [-0.39, 0.29) is 17.9 Å². The number of amides is 2. The summed E-state index contributed by atoms with van der Waals surface area (Å²) < 4.78 is 11.2. The van der Waals surface area contributed by atoms with Gasteiger partial charge in [-0.3, -0.25) is 24.5 Å². The molecule has 2 aromatic rings. The lowest BCUT2D eigenvalue weighted by molar-refractivity contribution is -0.141. The van der Waals surface area contributed by atoms with Gasteiger partial charge in [0.25, 0.3) is 5.91 Å². The Morgan fingerprint density at radius 1 is 1.03 bits per heavy atom. The van der Waals surface area contributed by atoms with Gasteiger partial charge in [0.1, 0.15) is 11.8 Å². The Hall–Kier alpha value is -2.88. The maximum atomic E-state index is 12.7. The van der Waals surface area contributed by atoms with Crippen LogP contribution in [0.4, 0.5) is 0 Å². The lowest BCUT2D eigenvalue weighted by atomic mass is 10.1. The number of nitrogens with one attached hydrogen (secondary N) is 1. The molecule has 0 aliphatic carbocycles. The van der Waals surface area contributed by atoms with Crippen molar-refractivity contribution in [3.63, 3.8) is 0 Å². The van der Waals surface area contributed by atoms with Gasteiger partial charge >= 0.3 is 0 Å². The third-order valence-corrected chi connectivity index (χ3v) is 5.55. The zero-order valence-electron chi connectivity index (χ0n) is 17.6. The fourth-order valence-corrected chi connectivity index (χ4v) is 3.70. The number of rotatable bonds is 5. The van der Waals surface area contributed by atoms with Crippen LogP contribution >= 0.6 is 0 Å². The van der Waals surface area contributed by atoms with Gasteiger partial charge in [0, 0.05) is 50.2 Å². The van der Waals surface area contributed by atoms with E-state index in [4.69, 9.17) is 9.47 Å². The average Bonchev–Trinajstić information content (AvgIpc) is 2.84. The molecule has 0 spiro atoms. The van der Waals surface area contributed by atoms with Crippen molar-refractivity contribution < 1.29 is 19.1 Å². The Balaban J connectivity index is 1.38. The first-order chi connectivity index (χ1) is 15.1. The summed E-state index contributed by atoms with van der Waals surface area (Å²) in [5, 5.41) is 2.55. The van der Waals surface area contributed by atoms with Gasteiger partial charge in [-0.25, -0.2) is 0 Å². The molecule has 31 heavy (non-hydrogen) atoms. The molecule has 2 fully saturated rings. The van der Waals surface area contributed by atoms with Crippen molar-refractivity contribution in [1.29, 1.82) is 0 Å². The Bertz CT molecular complexity index is 897. The summed E-state index contributed by atoms with van der Waals surface area (Å²) in [6.07, 6.45) is 3.18. The summed E-state index contributed by atoms with van der Waals surface area (Å²) in [5.74, 6) is -0.101. The van der Waals surface area contributed by atoms with E-state index < -0.39 is 0 Å². The Morgan fingerprint density at radius 3 is 2.42 bits per heavy atom. The lowest BCUT2D eigenvalue weighted by Gasteiger charge is -2.35. The topological polar surface area (TPSA) is 96.9 Å². The summed E-state index contributed by atoms with van der Waals surface area (Å²) in [7, 11) is 1.57. The highest BCUT2D eigenvalue weighted by Crippen LogP contribution is 2.24. The fourth-order valence-electron chi connectivity index (χ4n) is 3.70. The van der Waals surface area contributed by atoms with E-state index in [2.05, 4.69) is 20.2 Å². The SMILES string of the molecule is CNC(=O)c1ccc(-c2ccc([C@H]3CN(C(=O)CN4CCOCC4)CCO3)nc2)cn1. The van der Waals surface area contributed by atoms with E-state index in [1.165, 1.54) is 0 Å². The van der Waals surface area contributed by atoms with Crippen LogP contribution in [-0.2, 0) is 14.3 Å². The van der Waals surface area contributed by atoms with Gasteiger partial charge in [0.05, 0.1) is 38.6 Å². The van der Waals surface area contributed by atoms with Crippen LogP contribution in [0.2, 0.25) is 0 Å². The molecule has 2 amide bonds. The summed E-state index contributed by atoms with van der Waals surface area (Å²) in [6.45, 7) is 4.95. The molecule has 0 aromatic carbocycles. The summed E-state index contributed by atoms with van der Waals surface area (Å²) in [5.41, 5.74) is 2.94. The molecule has 1 N–H and O–H groups in total. The van der Waals surface area contributed by atoms with E-state index >= 15 is 0 Å². The van der Waals surface area contributed by atoms with E-state index in [0.29, 0.717) is 45.1 Å². The second-order valence-electron chi connectivity index (χ2n) is 7.57.